The highest BCUT2D eigenvalue weighted by Gasteiger charge is 2.37. The fourth-order valence-corrected chi connectivity index (χ4v) is 4.17. The minimum absolute atomic E-state index is 0.535. The molecule has 0 aromatic heterocycles. The van der Waals surface area contributed by atoms with Crippen molar-refractivity contribution >= 4 is 0 Å². The number of nitrogens with two attached hydrogens (primary N) is 1. The third kappa shape index (κ3) is 2.85. The van der Waals surface area contributed by atoms with Crippen molar-refractivity contribution in [1.29, 1.82) is 0 Å². The Labute approximate surface area is 117 Å². The molecule has 1 aromatic carbocycles. The Bertz CT molecular complexity index is 390. The molecule has 19 heavy (non-hydrogen) atoms. The molecular formula is C17H26N2. The van der Waals surface area contributed by atoms with Gasteiger partial charge in [0, 0.05) is 18.6 Å². The van der Waals surface area contributed by atoms with Crippen molar-refractivity contribution in [2.75, 3.05) is 13.1 Å². The maximum atomic E-state index is 6.09. The number of benzene rings is 1. The van der Waals surface area contributed by atoms with E-state index in [1.165, 1.54) is 44.2 Å². The molecule has 0 radical (unpaired) electrons. The summed E-state index contributed by atoms with van der Waals surface area (Å²) in [6, 6.07) is 12.2. The predicted octanol–water partition coefficient (Wildman–Crippen LogP) is 2.82. The van der Waals surface area contributed by atoms with E-state index in [-0.39, 0.29) is 0 Å². The monoisotopic (exact) mass is 258 g/mol. The van der Waals surface area contributed by atoms with Gasteiger partial charge < -0.3 is 5.73 Å². The smallest absolute Gasteiger partial charge is 0.0261 e. The fraction of sp³-hybridized carbons (Fsp3) is 0.647. The van der Waals surface area contributed by atoms with E-state index in [0.717, 1.165) is 24.9 Å². The first kappa shape index (κ1) is 13.1. The third-order valence-corrected chi connectivity index (χ3v) is 5.09. The Hall–Kier alpha value is -0.860. The molecular weight excluding hydrogens is 232 g/mol. The second kappa shape index (κ2) is 6.06. The van der Waals surface area contributed by atoms with Gasteiger partial charge in [-0.1, -0.05) is 36.8 Å². The summed E-state index contributed by atoms with van der Waals surface area (Å²) in [5.41, 5.74) is 7.52. The van der Waals surface area contributed by atoms with Gasteiger partial charge in [0.05, 0.1) is 0 Å². The Balaban J connectivity index is 1.70. The molecule has 1 saturated carbocycles. The van der Waals surface area contributed by atoms with Crippen molar-refractivity contribution < 1.29 is 0 Å². The predicted molar refractivity (Wildman–Crippen MR) is 80.1 cm³/mol. The number of nitrogens with zero attached hydrogens (tertiary/aromatic N) is 1. The molecule has 1 aliphatic carbocycles. The van der Waals surface area contributed by atoms with Crippen LogP contribution in [0.4, 0.5) is 0 Å². The van der Waals surface area contributed by atoms with Gasteiger partial charge in [-0.05, 0) is 50.1 Å². The van der Waals surface area contributed by atoms with Crippen molar-refractivity contribution in [3.63, 3.8) is 0 Å². The molecule has 1 heterocycles. The number of piperidine rings is 1. The molecule has 2 nitrogen and oxygen atoms in total. The largest absolute Gasteiger partial charge is 0.329 e. The molecule has 0 bridgehead atoms. The summed E-state index contributed by atoms with van der Waals surface area (Å²) in [6.07, 6.45) is 8.20. The van der Waals surface area contributed by atoms with Gasteiger partial charge in [0.15, 0.2) is 0 Å². The van der Waals surface area contributed by atoms with Gasteiger partial charge >= 0.3 is 0 Å². The summed E-state index contributed by atoms with van der Waals surface area (Å²) in [6.45, 7) is 2.05. The normalized spacial score (nSPS) is 29.1. The van der Waals surface area contributed by atoms with Crippen LogP contribution in [0.25, 0.3) is 0 Å². The van der Waals surface area contributed by atoms with E-state index in [9.17, 15) is 0 Å². The van der Waals surface area contributed by atoms with Crippen LogP contribution in [0.2, 0.25) is 0 Å². The van der Waals surface area contributed by atoms with Gasteiger partial charge in [0.1, 0.15) is 0 Å². The SMILES string of the molecule is NCC(Cc1ccccc1)N1CCCC2CCCC21. The van der Waals surface area contributed by atoms with Crippen LogP contribution >= 0.6 is 0 Å². The van der Waals surface area contributed by atoms with Crippen molar-refractivity contribution in [3.05, 3.63) is 35.9 Å². The highest BCUT2D eigenvalue weighted by molar-refractivity contribution is 5.16. The highest BCUT2D eigenvalue weighted by atomic mass is 15.2. The molecule has 0 spiro atoms. The van der Waals surface area contributed by atoms with Crippen LogP contribution in [0.5, 0.6) is 0 Å². The first-order chi connectivity index (χ1) is 9.38. The van der Waals surface area contributed by atoms with Crippen LogP contribution in [0, 0.1) is 5.92 Å². The zero-order valence-corrected chi connectivity index (χ0v) is 11.8. The van der Waals surface area contributed by atoms with Crippen LogP contribution in [0.1, 0.15) is 37.7 Å². The van der Waals surface area contributed by atoms with Crippen molar-refractivity contribution in [2.24, 2.45) is 11.7 Å². The molecule has 3 unspecified atom stereocenters. The van der Waals surface area contributed by atoms with E-state index in [1.54, 1.807) is 0 Å². The Kier molecular flexibility index (Phi) is 4.19. The second-order valence-electron chi connectivity index (χ2n) is 6.22. The fourth-order valence-electron chi connectivity index (χ4n) is 4.17. The quantitative estimate of drug-likeness (QED) is 0.900. The molecule has 1 aliphatic heterocycles. The van der Waals surface area contributed by atoms with Crippen LogP contribution in [-0.2, 0) is 6.42 Å². The lowest BCUT2D eigenvalue weighted by Crippen LogP contribution is -2.52. The topological polar surface area (TPSA) is 29.3 Å². The standard InChI is InChI=1S/C17H26N2/c18-13-16(12-14-6-2-1-3-7-14)19-11-5-9-15-8-4-10-17(15)19/h1-3,6-7,15-17H,4-5,8-13,18H2. The molecule has 1 saturated heterocycles. The van der Waals surface area contributed by atoms with E-state index in [2.05, 4.69) is 35.2 Å². The van der Waals surface area contributed by atoms with Crippen molar-refractivity contribution in [2.45, 2.75) is 50.6 Å². The third-order valence-electron chi connectivity index (χ3n) is 5.09. The maximum absolute atomic E-state index is 6.09. The summed E-state index contributed by atoms with van der Waals surface area (Å²) in [5.74, 6) is 0.957. The van der Waals surface area contributed by atoms with E-state index in [0.29, 0.717) is 6.04 Å². The molecule has 2 fully saturated rings. The zero-order chi connectivity index (χ0) is 13.1. The number of rotatable bonds is 4. The molecule has 3 rings (SSSR count). The van der Waals surface area contributed by atoms with E-state index >= 15 is 0 Å². The molecule has 0 amide bonds. The second-order valence-corrected chi connectivity index (χ2v) is 6.22. The Morgan fingerprint density at radius 2 is 1.89 bits per heavy atom. The molecule has 1 aromatic rings. The Morgan fingerprint density at radius 1 is 1.11 bits per heavy atom. The van der Waals surface area contributed by atoms with Gasteiger partial charge in [0.2, 0.25) is 0 Å². The number of hydrogen-bond acceptors (Lipinski definition) is 2. The summed E-state index contributed by atoms with van der Waals surface area (Å²) in [7, 11) is 0. The average Bonchev–Trinajstić information content (AvgIpc) is 2.94. The lowest BCUT2D eigenvalue weighted by atomic mass is 9.89. The molecule has 2 heteroatoms. The van der Waals surface area contributed by atoms with Crippen LogP contribution in [0.3, 0.4) is 0 Å². The van der Waals surface area contributed by atoms with Crippen LogP contribution in [0.15, 0.2) is 30.3 Å². The number of likely N-dealkylation sites (tertiary alicyclic amines) is 1. The molecule has 2 aliphatic rings. The van der Waals surface area contributed by atoms with E-state index < -0.39 is 0 Å². The Morgan fingerprint density at radius 3 is 2.68 bits per heavy atom. The van der Waals surface area contributed by atoms with Gasteiger partial charge in [-0.2, -0.15) is 0 Å². The maximum Gasteiger partial charge on any atom is 0.0261 e. The average molecular weight is 258 g/mol. The first-order valence-electron chi connectivity index (χ1n) is 7.88. The van der Waals surface area contributed by atoms with E-state index in [1.807, 2.05) is 0 Å². The summed E-state index contributed by atoms with van der Waals surface area (Å²) in [5, 5.41) is 0. The van der Waals surface area contributed by atoms with Crippen molar-refractivity contribution in [3.8, 4) is 0 Å². The van der Waals surface area contributed by atoms with Gasteiger partial charge in [-0.25, -0.2) is 0 Å². The number of fused-ring (bicyclic) bond motifs is 1. The minimum atomic E-state index is 0.535. The summed E-state index contributed by atoms with van der Waals surface area (Å²) < 4.78 is 0. The lowest BCUT2D eigenvalue weighted by molar-refractivity contribution is 0.0704. The van der Waals surface area contributed by atoms with Gasteiger partial charge in [-0.15, -0.1) is 0 Å². The lowest BCUT2D eigenvalue weighted by Gasteiger charge is -2.42. The zero-order valence-electron chi connectivity index (χ0n) is 11.8. The molecule has 2 N–H and O–H groups in total. The van der Waals surface area contributed by atoms with Gasteiger partial charge in [0.25, 0.3) is 0 Å². The van der Waals surface area contributed by atoms with Crippen LogP contribution in [-0.4, -0.2) is 30.1 Å². The highest BCUT2D eigenvalue weighted by Crippen LogP contribution is 2.37. The number of hydrogen-bond donors (Lipinski definition) is 1. The minimum Gasteiger partial charge on any atom is -0.329 e. The summed E-state index contributed by atoms with van der Waals surface area (Å²) >= 11 is 0. The van der Waals surface area contributed by atoms with Crippen molar-refractivity contribution in [1.82, 2.24) is 4.90 Å². The van der Waals surface area contributed by atoms with Crippen LogP contribution < -0.4 is 5.73 Å². The molecule has 3 atom stereocenters. The molecule has 104 valence electrons. The van der Waals surface area contributed by atoms with Gasteiger partial charge in [-0.3, -0.25) is 4.90 Å². The first-order valence-corrected chi connectivity index (χ1v) is 7.88. The van der Waals surface area contributed by atoms with E-state index in [4.69, 9.17) is 5.73 Å². The summed E-state index contributed by atoms with van der Waals surface area (Å²) in [4.78, 5) is 2.74.